The topological polar surface area (TPSA) is 58.1 Å². The number of hydrogen-bond acceptors (Lipinski definition) is 4. The first-order valence-corrected chi connectivity index (χ1v) is 8.50. The Balaban J connectivity index is 1.83. The number of benzene rings is 1. The molecule has 132 valence electrons. The van der Waals surface area contributed by atoms with Crippen LogP contribution in [0.15, 0.2) is 30.5 Å². The summed E-state index contributed by atoms with van der Waals surface area (Å²) in [5.74, 6) is -0.441. The highest BCUT2D eigenvalue weighted by Gasteiger charge is 2.27. The Morgan fingerprint density at radius 1 is 1.24 bits per heavy atom. The lowest BCUT2D eigenvalue weighted by Gasteiger charge is -2.39. The average Bonchev–Trinajstić information content (AvgIpc) is 2.56. The van der Waals surface area contributed by atoms with Gasteiger partial charge in [0.15, 0.2) is 0 Å². The van der Waals surface area contributed by atoms with Crippen LogP contribution in [0.3, 0.4) is 0 Å². The average molecular weight is 342 g/mol. The number of aryl methyl sites for hydroxylation is 1. The molecule has 1 amide bonds. The van der Waals surface area contributed by atoms with E-state index in [9.17, 15) is 9.18 Å². The predicted octanol–water partition coefficient (Wildman–Crippen LogP) is 3.80. The summed E-state index contributed by atoms with van der Waals surface area (Å²) in [5.41, 5.74) is 3.21. The highest BCUT2D eigenvalue weighted by Crippen LogP contribution is 2.35. The fraction of sp³-hybridized carbons (Fsp3) is 0.421. The number of carbonyl (C=O) groups is 1. The van der Waals surface area contributed by atoms with E-state index in [2.05, 4.69) is 40.1 Å². The Morgan fingerprint density at radius 2 is 1.96 bits per heavy atom. The Hall–Kier alpha value is -2.50. The summed E-state index contributed by atoms with van der Waals surface area (Å²) in [6.07, 6.45) is 2.53. The number of halogens is 1. The highest BCUT2D eigenvalue weighted by molar-refractivity contribution is 6.04. The molecule has 0 radical (unpaired) electrons. The molecular formula is C19H23FN4O. The van der Waals surface area contributed by atoms with E-state index in [0.717, 1.165) is 37.2 Å². The van der Waals surface area contributed by atoms with Crippen LogP contribution in [0.2, 0.25) is 0 Å². The molecule has 2 heterocycles. The van der Waals surface area contributed by atoms with E-state index in [1.807, 2.05) is 19.1 Å². The minimum Gasteiger partial charge on any atom is -0.370 e. The molecule has 2 aromatic rings. The maximum absolute atomic E-state index is 13.2. The number of nitrogens with one attached hydrogen (secondary N) is 1. The van der Waals surface area contributed by atoms with Gasteiger partial charge in [0.05, 0.1) is 11.4 Å². The van der Waals surface area contributed by atoms with Gasteiger partial charge in [-0.2, -0.15) is 9.37 Å². The van der Waals surface area contributed by atoms with Crippen LogP contribution in [0.1, 0.15) is 42.7 Å². The van der Waals surface area contributed by atoms with E-state index >= 15 is 0 Å². The fourth-order valence-electron chi connectivity index (χ4n) is 3.01. The van der Waals surface area contributed by atoms with E-state index in [-0.39, 0.29) is 5.69 Å². The molecule has 25 heavy (non-hydrogen) atoms. The van der Waals surface area contributed by atoms with E-state index in [4.69, 9.17) is 0 Å². The lowest BCUT2D eigenvalue weighted by atomic mass is 9.82. The maximum Gasteiger partial charge on any atom is 0.309 e. The van der Waals surface area contributed by atoms with Crippen molar-refractivity contribution in [2.45, 2.75) is 33.6 Å². The van der Waals surface area contributed by atoms with Crippen molar-refractivity contribution >= 4 is 17.3 Å². The zero-order chi connectivity index (χ0) is 18.0. The minimum absolute atomic E-state index is 0.0128. The van der Waals surface area contributed by atoms with Crippen LogP contribution >= 0.6 is 0 Å². The largest absolute Gasteiger partial charge is 0.370 e. The van der Waals surface area contributed by atoms with Crippen molar-refractivity contribution in [1.82, 2.24) is 9.97 Å². The second kappa shape index (κ2) is 6.78. The van der Waals surface area contributed by atoms with Gasteiger partial charge in [-0.15, -0.1) is 0 Å². The second-order valence-corrected chi connectivity index (χ2v) is 7.34. The van der Waals surface area contributed by atoms with Crippen molar-refractivity contribution in [2.24, 2.45) is 5.41 Å². The molecule has 1 aliphatic rings. The van der Waals surface area contributed by atoms with Crippen LogP contribution in [-0.2, 0) is 0 Å². The number of hydrogen-bond donors (Lipinski definition) is 1. The quantitative estimate of drug-likeness (QED) is 0.862. The summed E-state index contributed by atoms with van der Waals surface area (Å²) in [6.45, 7) is 8.49. The molecule has 6 heteroatoms. The first-order valence-electron chi connectivity index (χ1n) is 8.50. The molecule has 5 nitrogen and oxygen atoms in total. The summed E-state index contributed by atoms with van der Waals surface area (Å²) in [6, 6.07) is 7.32. The van der Waals surface area contributed by atoms with Gasteiger partial charge < -0.3 is 10.2 Å². The Kier molecular flexibility index (Phi) is 4.70. The number of amides is 1. The molecule has 1 aromatic heterocycles. The van der Waals surface area contributed by atoms with Crippen molar-refractivity contribution < 1.29 is 9.18 Å². The molecule has 1 N–H and O–H groups in total. The van der Waals surface area contributed by atoms with Gasteiger partial charge in [-0.3, -0.25) is 4.79 Å². The standard InChI is InChI=1S/C19H23FN4O/c1-13-4-5-14(22-17(25)15-6-9-21-18(20)23-15)16(12-13)24-10-7-19(2,3)8-11-24/h4-6,9,12H,7-8,10-11H2,1-3H3,(H,22,25). The van der Waals surface area contributed by atoms with Crippen LogP contribution < -0.4 is 10.2 Å². The summed E-state index contributed by atoms with van der Waals surface area (Å²) < 4.78 is 13.2. The lowest BCUT2D eigenvalue weighted by molar-refractivity contribution is 0.102. The number of aromatic nitrogens is 2. The first-order chi connectivity index (χ1) is 11.8. The molecule has 1 saturated heterocycles. The van der Waals surface area contributed by atoms with Gasteiger partial charge in [0.25, 0.3) is 5.91 Å². The van der Waals surface area contributed by atoms with Gasteiger partial charge in [0.1, 0.15) is 5.69 Å². The number of nitrogens with zero attached hydrogens (tertiary/aromatic N) is 3. The number of rotatable bonds is 3. The van der Waals surface area contributed by atoms with Gasteiger partial charge in [-0.25, -0.2) is 4.98 Å². The lowest BCUT2D eigenvalue weighted by Crippen LogP contribution is -2.37. The van der Waals surface area contributed by atoms with Crippen LogP contribution in [0, 0.1) is 18.4 Å². The Bertz CT molecular complexity index is 781. The maximum atomic E-state index is 13.2. The zero-order valence-corrected chi connectivity index (χ0v) is 14.8. The Morgan fingerprint density at radius 3 is 2.64 bits per heavy atom. The molecule has 1 aliphatic heterocycles. The molecule has 0 atom stereocenters. The SMILES string of the molecule is Cc1ccc(NC(=O)c2ccnc(F)n2)c(N2CCC(C)(C)CC2)c1. The molecule has 0 saturated carbocycles. The summed E-state index contributed by atoms with van der Waals surface area (Å²) >= 11 is 0. The first kappa shape index (κ1) is 17.3. The molecule has 0 spiro atoms. The van der Waals surface area contributed by atoms with E-state index < -0.39 is 12.0 Å². The smallest absolute Gasteiger partial charge is 0.309 e. The highest BCUT2D eigenvalue weighted by atomic mass is 19.1. The van der Waals surface area contributed by atoms with Gasteiger partial charge in [0, 0.05) is 19.3 Å². The normalized spacial score (nSPS) is 16.6. The van der Waals surface area contributed by atoms with Crippen molar-refractivity contribution in [3.63, 3.8) is 0 Å². The molecule has 0 bridgehead atoms. The zero-order valence-electron chi connectivity index (χ0n) is 14.8. The van der Waals surface area contributed by atoms with Crippen LogP contribution in [0.25, 0.3) is 0 Å². The monoisotopic (exact) mass is 342 g/mol. The molecule has 0 aliphatic carbocycles. The minimum atomic E-state index is -0.907. The summed E-state index contributed by atoms with van der Waals surface area (Å²) in [4.78, 5) is 21.6. The number of anilines is 2. The summed E-state index contributed by atoms with van der Waals surface area (Å²) in [7, 11) is 0. The number of piperidine rings is 1. The van der Waals surface area contributed by atoms with Crippen molar-refractivity contribution in [3.8, 4) is 0 Å². The molecular weight excluding hydrogens is 319 g/mol. The third-order valence-electron chi connectivity index (χ3n) is 4.72. The third kappa shape index (κ3) is 4.13. The Labute approximate surface area is 147 Å². The van der Waals surface area contributed by atoms with Gasteiger partial charge in [0.2, 0.25) is 0 Å². The van der Waals surface area contributed by atoms with Gasteiger partial charge in [-0.05, 0) is 48.9 Å². The van der Waals surface area contributed by atoms with Crippen molar-refractivity contribution in [1.29, 1.82) is 0 Å². The van der Waals surface area contributed by atoms with Crippen molar-refractivity contribution in [3.05, 3.63) is 47.8 Å². The van der Waals surface area contributed by atoms with Gasteiger partial charge in [-0.1, -0.05) is 19.9 Å². The fourth-order valence-corrected chi connectivity index (χ4v) is 3.01. The van der Waals surface area contributed by atoms with E-state index in [1.165, 1.54) is 12.3 Å². The molecule has 1 aromatic carbocycles. The van der Waals surface area contributed by atoms with Gasteiger partial charge >= 0.3 is 6.08 Å². The third-order valence-corrected chi connectivity index (χ3v) is 4.72. The van der Waals surface area contributed by atoms with Crippen LogP contribution in [0.5, 0.6) is 0 Å². The van der Waals surface area contributed by atoms with Crippen LogP contribution in [-0.4, -0.2) is 29.0 Å². The van der Waals surface area contributed by atoms with Crippen molar-refractivity contribution in [2.75, 3.05) is 23.3 Å². The van der Waals surface area contributed by atoms with E-state index in [0.29, 0.717) is 11.1 Å². The van der Waals surface area contributed by atoms with Crippen LogP contribution in [0.4, 0.5) is 15.8 Å². The molecule has 1 fully saturated rings. The van der Waals surface area contributed by atoms with E-state index in [1.54, 1.807) is 0 Å². The molecule has 0 unspecified atom stereocenters. The molecule has 3 rings (SSSR count). The summed E-state index contributed by atoms with van der Waals surface area (Å²) in [5, 5.41) is 2.86. The predicted molar refractivity (Wildman–Crippen MR) is 96.4 cm³/mol. The number of carbonyl (C=O) groups excluding carboxylic acids is 1. The second-order valence-electron chi connectivity index (χ2n) is 7.34.